The molecule has 0 saturated carbocycles. The number of benzene rings is 1. The predicted molar refractivity (Wildman–Crippen MR) is 80.5 cm³/mol. The fourth-order valence-corrected chi connectivity index (χ4v) is 4.28. The minimum absolute atomic E-state index is 0.501. The Labute approximate surface area is 120 Å². The Morgan fingerprint density at radius 1 is 1.30 bits per heavy atom. The van der Waals surface area contributed by atoms with Gasteiger partial charge in [0.1, 0.15) is 0 Å². The Bertz CT molecular complexity index is 545. The first-order valence-electron chi connectivity index (χ1n) is 7.67. The van der Waals surface area contributed by atoms with E-state index in [-0.39, 0.29) is 0 Å². The third-order valence-corrected chi connectivity index (χ3v) is 5.22. The van der Waals surface area contributed by atoms with Gasteiger partial charge in [0.05, 0.1) is 11.4 Å². The monoisotopic (exact) mass is 271 g/mol. The van der Waals surface area contributed by atoms with Crippen LogP contribution in [0.4, 0.5) is 11.4 Å². The Balaban J connectivity index is 1.79. The molecule has 1 aromatic carbocycles. The number of amides is 1. The molecule has 4 heteroatoms. The molecule has 0 aliphatic carbocycles. The van der Waals surface area contributed by atoms with Crippen LogP contribution >= 0.6 is 0 Å². The number of anilines is 2. The second kappa shape index (κ2) is 4.40. The van der Waals surface area contributed by atoms with Gasteiger partial charge in [-0.3, -0.25) is 4.79 Å². The van der Waals surface area contributed by atoms with Crippen molar-refractivity contribution in [3.8, 4) is 0 Å². The normalized spacial score (nSPS) is 27.4. The van der Waals surface area contributed by atoms with E-state index in [1.54, 1.807) is 0 Å². The first kappa shape index (κ1) is 12.1. The van der Waals surface area contributed by atoms with Crippen LogP contribution in [0.15, 0.2) is 18.2 Å². The van der Waals surface area contributed by atoms with Crippen LogP contribution < -0.4 is 9.80 Å². The van der Waals surface area contributed by atoms with Gasteiger partial charge in [-0.1, -0.05) is 12.1 Å². The molecule has 4 nitrogen and oxygen atoms in total. The summed E-state index contributed by atoms with van der Waals surface area (Å²) < 4.78 is 0. The molecule has 3 heterocycles. The summed E-state index contributed by atoms with van der Waals surface area (Å²) in [4.78, 5) is 18.1. The van der Waals surface area contributed by atoms with E-state index in [0.717, 1.165) is 45.6 Å². The number of hydrogen-bond acceptors (Lipinski definition) is 3. The second-order valence-electron chi connectivity index (χ2n) is 6.05. The lowest BCUT2D eigenvalue weighted by atomic mass is 9.89. The molecule has 0 aromatic heterocycles. The average molecular weight is 271 g/mol. The van der Waals surface area contributed by atoms with E-state index in [0.29, 0.717) is 12.0 Å². The van der Waals surface area contributed by atoms with E-state index in [4.69, 9.17) is 0 Å². The van der Waals surface area contributed by atoms with Gasteiger partial charge in [-0.25, -0.2) is 0 Å². The van der Waals surface area contributed by atoms with E-state index >= 15 is 0 Å². The summed E-state index contributed by atoms with van der Waals surface area (Å²) in [5.41, 5.74) is 4.30. The van der Waals surface area contributed by atoms with Gasteiger partial charge in [0.2, 0.25) is 6.41 Å². The number of piperidine rings is 1. The number of fused-ring (bicyclic) bond motifs is 3. The number of carbonyl (C=O) groups is 1. The van der Waals surface area contributed by atoms with E-state index in [9.17, 15) is 4.79 Å². The molecule has 3 aliphatic rings. The van der Waals surface area contributed by atoms with Gasteiger partial charge in [0.15, 0.2) is 0 Å². The summed E-state index contributed by atoms with van der Waals surface area (Å²) in [6.07, 6.45) is 2.12. The van der Waals surface area contributed by atoms with Crippen molar-refractivity contribution in [2.24, 2.45) is 0 Å². The highest BCUT2D eigenvalue weighted by molar-refractivity contribution is 5.81. The summed E-state index contributed by atoms with van der Waals surface area (Å²) >= 11 is 0. The summed E-state index contributed by atoms with van der Waals surface area (Å²) in [6.45, 7) is 7.33. The molecular formula is C16H21N3O. The molecule has 1 amide bonds. The van der Waals surface area contributed by atoms with Crippen LogP contribution in [0.2, 0.25) is 0 Å². The van der Waals surface area contributed by atoms with Gasteiger partial charge in [0, 0.05) is 44.7 Å². The van der Waals surface area contributed by atoms with Crippen LogP contribution in [-0.4, -0.2) is 50.1 Å². The predicted octanol–water partition coefficient (Wildman–Crippen LogP) is 1.66. The number of rotatable bonds is 2. The highest BCUT2D eigenvalue weighted by atomic mass is 16.1. The fraction of sp³-hybridized carbons (Fsp3) is 0.562. The molecule has 0 spiro atoms. The van der Waals surface area contributed by atoms with E-state index in [2.05, 4.69) is 34.9 Å². The third-order valence-electron chi connectivity index (χ3n) is 5.22. The van der Waals surface area contributed by atoms with Gasteiger partial charge < -0.3 is 14.7 Å². The number of para-hydroxylation sites is 1. The smallest absolute Gasteiger partial charge is 0.209 e. The van der Waals surface area contributed by atoms with E-state index in [1.165, 1.54) is 16.9 Å². The van der Waals surface area contributed by atoms with Crippen LogP contribution in [0.1, 0.15) is 24.8 Å². The average Bonchev–Trinajstić information content (AvgIpc) is 2.83. The molecular weight excluding hydrogens is 250 g/mol. The number of hydrogen-bond donors (Lipinski definition) is 0. The van der Waals surface area contributed by atoms with Gasteiger partial charge in [-0.2, -0.15) is 0 Å². The van der Waals surface area contributed by atoms with Gasteiger partial charge in [-0.15, -0.1) is 0 Å². The van der Waals surface area contributed by atoms with Crippen molar-refractivity contribution in [3.63, 3.8) is 0 Å². The minimum atomic E-state index is 0.501. The lowest BCUT2D eigenvalue weighted by molar-refractivity contribution is -0.119. The van der Waals surface area contributed by atoms with E-state index < -0.39 is 0 Å². The van der Waals surface area contributed by atoms with Crippen molar-refractivity contribution < 1.29 is 4.79 Å². The SMILES string of the molecule is CCN1CCN2c3c(cccc31)C1CN(C=O)CCC12. The molecule has 4 rings (SSSR count). The lowest BCUT2D eigenvalue weighted by Crippen LogP contribution is -2.49. The number of nitrogens with zero attached hydrogens (tertiary/aromatic N) is 3. The quantitative estimate of drug-likeness (QED) is 0.765. The highest BCUT2D eigenvalue weighted by Crippen LogP contribution is 2.50. The third kappa shape index (κ3) is 1.51. The zero-order chi connectivity index (χ0) is 13.7. The summed E-state index contributed by atoms with van der Waals surface area (Å²) in [5, 5.41) is 0. The molecule has 1 saturated heterocycles. The highest BCUT2D eigenvalue weighted by Gasteiger charge is 2.44. The standard InChI is InChI=1S/C16H21N3O/c1-2-18-8-9-19-14-6-7-17(11-20)10-13(14)12-4-3-5-15(18)16(12)19/h3-5,11,13-14H,2,6-10H2,1H3. The molecule has 2 unspecified atom stereocenters. The van der Waals surface area contributed by atoms with E-state index in [1.807, 2.05) is 4.90 Å². The summed E-state index contributed by atoms with van der Waals surface area (Å²) in [7, 11) is 0. The van der Waals surface area contributed by atoms with Crippen molar-refractivity contribution >= 4 is 17.8 Å². The molecule has 106 valence electrons. The Morgan fingerprint density at radius 3 is 3.00 bits per heavy atom. The van der Waals surface area contributed by atoms with Crippen LogP contribution in [0.25, 0.3) is 0 Å². The molecule has 0 bridgehead atoms. The molecule has 0 N–H and O–H groups in total. The van der Waals surface area contributed by atoms with Crippen molar-refractivity contribution in [2.45, 2.75) is 25.3 Å². The Kier molecular flexibility index (Phi) is 2.65. The molecule has 1 fully saturated rings. The molecule has 2 atom stereocenters. The van der Waals surface area contributed by atoms with Gasteiger partial charge in [0.25, 0.3) is 0 Å². The van der Waals surface area contributed by atoms with Crippen LogP contribution in [0.5, 0.6) is 0 Å². The van der Waals surface area contributed by atoms with Crippen molar-refractivity contribution in [1.82, 2.24) is 4.90 Å². The first-order chi connectivity index (χ1) is 9.83. The molecule has 3 aliphatic heterocycles. The van der Waals surface area contributed by atoms with Crippen LogP contribution in [-0.2, 0) is 4.79 Å². The number of likely N-dealkylation sites (N-methyl/N-ethyl adjacent to an activating group) is 1. The Hall–Kier alpha value is -1.71. The van der Waals surface area contributed by atoms with Gasteiger partial charge in [-0.05, 0) is 25.0 Å². The number of likely N-dealkylation sites (tertiary alicyclic amines) is 1. The largest absolute Gasteiger partial charge is 0.368 e. The maximum Gasteiger partial charge on any atom is 0.209 e. The summed E-state index contributed by atoms with van der Waals surface area (Å²) in [6, 6.07) is 7.30. The van der Waals surface area contributed by atoms with Crippen molar-refractivity contribution in [3.05, 3.63) is 23.8 Å². The zero-order valence-electron chi connectivity index (χ0n) is 12.0. The molecule has 20 heavy (non-hydrogen) atoms. The van der Waals surface area contributed by atoms with Crippen molar-refractivity contribution in [1.29, 1.82) is 0 Å². The maximum absolute atomic E-state index is 11.1. The van der Waals surface area contributed by atoms with Crippen LogP contribution in [0, 0.1) is 0 Å². The van der Waals surface area contributed by atoms with Gasteiger partial charge >= 0.3 is 0 Å². The minimum Gasteiger partial charge on any atom is -0.368 e. The topological polar surface area (TPSA) is 26.8 Å². The fourth-order valence-electron chi connectivity index (χ4n) is 4.28. The number of carbonyl (C=O) groups excluding carboxylic acids is 1. The van der Waals surface area contributed by atoms with Crippen molar-refractivity contribution in [2.75, 3.05) is 42.5 Å². The Morgan fingerprint density at radius 2 is 2.20 bits per heavy atom. The second-order valence-corrected chi connectivity index (χ2v) is 6.05. The first-order valence-corrected chi connectivity index (χ1v) is 7.67. The molecule has 0 radical (unpaired) electrons. The lowest BCUT2D eigenvalue weighted by Gasteiger charge is -2.41. The molecule has 1 aromatic rings. The maximum atomic E-state index is 11.1. The van der Waals surface area contributed by atoms with Crippen LogP contribution in [0.3, 0.4) is 0 Å². The summed E-state index contributed by atoms with van der Waals surface area (Å²) in [5.74, 6) is 0.501. The zero-order valence-corrected chi connectivity index (χ0v) is 12.0.